The van der Waals surface area contributed by atoms with Crippen molar-refractivity contribution in [1.29, 1.82) is 0 Å². The van der Waals surface area contributed by atoms with Crippen LogP contribution in [0.2, 0.25) is 0 Å². The first-order valence-electron chi connectivity index (χ1n) is 12.5. The van der Waals surface area contributed by atoms with Crippen LogP contribution in [0.4, 0.5) is 0 Å². The van der Waals surface area contributed by atoms with E-state index < -0.39 is 5.54 Å². The number of amides is 1. The largest absolute Gasteiger partial charge is 0.412 e. The minimum Gasteiger partial charge on any atom is -0.412 e. The highest BCUT2D eigenvalue weighted by atomic mass is 16.4. The quantitative estimate of drug-likeness (QED) is 0.306. The van der Waals surface area contributed by atoms with Crippen LogP contribution in [0.1, 0.15) is 54.1 Å². The van der Waals surface area contributed by atoms with Crippen molar-refractivity contribution in [2.75, 3.05) is 6.54 Å². The summed E-state index contributed by atoms with van der Waals surface area (Å²) in [4.78, 5) is 36.3. The monoisotopic (exact) mass is 511 g/mol. The Bertz CT molecular complexity index is 1490. The van der Waals surface area contributed by atoms with Gasteiger partial charge in [0.25, 0.3) is 23.9 Å². The second kappa shape index (κ2) is 11.6. The van der Waals surface area contributed by atoms with Gasteiger partial charge >= 0.3 is 11.4 Å². The van der Waals surface area contributed by atoms with Crippen molar-refractivity contribution in [3.05, 3.63) is 105 Å². The second-order valence-corrected chi connectivity index (χ2v) is 9.44. The zero-order valence-corrected chi connectivity index (χ0v) is 21.9. The van der Waals surface area contributed by atoms with E-state index in [-0.39, 0.29) is 28.8 Å². The summed E-state index contributed by atoms with van der Waals surface area (Å²) < 4.78 is 7.38. The molecule has 9 nitrogen and oxygen atoms in total. The number of carbonyl (C=O) groups is 1. The number of rotatable bonds is 10. The van der Waals surface area contributed by atoms with Gasteiger partial charge in [-0.3, -0.25) is 14.6 Å². The molecule has 3 aromatic heterocycles. The first kappa shape index (κ1) is 26.5. The maximum absolute atomic E-state index is 13.6. The zero-order valence-electron chi connectivity index (χ0n) is 21.9. The smallest absolute Gasteiger partial charge is 0.357 e. The van der Waals surface area contributed by atoms with E-state index in [1.165, 1.54) is 10.6 Å². The topological polar surface area (TPSA) is 98.5 Å². The molecule has 1 atom stereocenters. The maximum atomic E-state index is 13.6. The fourth-order valence-corrected chi connectivity index (χ4v) is 4.17. The molecule has 0 bridgehead atoms. The third-order valence-corrected chi connectivity index (χ3v) is 6.48. The molecule has 4 aromatic rings. The maximum Gasteiger partial charge on any atom is 0.357 e. The van der Waals surface area contributed by atoms with Gasteiger partial charge in [-0.25, -0.2) is 0 Å². The summed E-state index contributed by atoms with van der Waals surface area (Å²) in [5.74, 6) is 0.0662. The Morgan fingerprint density at radius 1 is 1.11 bits per heavy atom. The van der Waals surface area contributed by atoms with E-state index in [1.54, 1.807) is 37.3 Å². The number of pyridine rings is 2. The van der Waals surface area contributed by atoms with Crippen LogP contribution in [0.25, 0.3) is 16.4 Å². The molecule has 0 spiro atoms. The van der Waals surface area contributed by atoms with Crippen LogP contribution in [-0.4, -0.2) is 37.1 Å². The van der Waals surface area contributed by atoms with E-state index in [9.17, 15) is 9.59 Å². The molecule has 38 heavy (non-hydrogen) atoms. The molecule has 1 unspecified atom stereocenters. The Labute approximate surface area is 221 Å². The van der Waals surface area contributed by atoms with Crippen LogP contribution in [0.5, 0.6) is 0 Å². The minimum absolute atomic E-state index is 0.103. The highest BCUT2D eigenvalue weighted by Gasteiger charge is 2.43. The Balaban J connectivity index is 1.66. The molecule has 3 heterocycles. The summed E-state index contributed by atoms with van der Waals surface area (Å²) in [6.45, 7) is 10.6. The number of hydrogen-bond acceptors (Lipinski definition) is 6. The molecule has 0 N–H and O–H groups in total. The van der Waals surface area contributed by atoms with Gasteiger partial charge in [-0.15, -0.1) is 10.2 Å². The molecule has 1 aromatic carbocycles. The number of hydrogen-bond donors (Lipinski definition) is 0. The minimum atomic E-state index is -0.972. The number of nitrogens with zero attached hydrogens (tertiary/aromatic N) is 6. The van der Waals surface area contributed by atoms with Crippen molar-refractivity contribution < 1.29 is 9.21 Å². The van der Waals surface area contributed by atoms with E-state index in [1.807, 2.05) is 42.5 Å². The molecule has 4 rings (SSSR count). The van der Waals surface area contributed by atoms with Crippen molar-refractivity contribution in [2.24, 2.45) is 7.05 Å². The molecule has 194 valence electrons. The van der Waals surface area contributed by atoms with Crippen LogP contribution in [0.3, 0.4) is 0 Å². The summed E-state index contributed by atoms with van der Waals surface area (Å²) in [5, 5.41) is 8.38. The van der Waals surface area contributed by atoms with Crippen molar-refractivity contribution in [2.45, 2.75) is 45.2 Å². The summed E-state index contributed by atoms with van der Waals surface area (Å²) in [6, 6.07) is 16.4. The highest BCUT2D eigenvalue weighted by Crippen LogP contribution is 2.31. The number of carbonyl (C=O) groups excluding carboxylic acids is 1. The van der Waals surface area contributed by atoms with Crippen molar-refractivity contribution in [1.82, 2.24) is 24.6 Å². The predicted molar refractivity (Wildman–Crippen MR) is 145 cm³/mol. The molecule has 0 aliphatic carbocycles. The van der Waals surface area contributed by atoms with Crippen molar-refractivity contribution in [3.63, 3.8) is 0 Å². The van der Waals surface area contributed by atoms with E-state index >= 15 is 0 Å². The van der Waals surface area contributed by atoms with Crippen molar-refractivity contribution >= 4 is 5.91 Å². The van der Waals surface area contributed by atoms with Crippen LogP contribution >= 0.6 is 0 Å². The number of benzene rings is 1. The Morgan fingerprint density at radius 2 is 1.84 bits per heavy atom. The van der Waals surface area contributed by atoms with Gasteiger partial charge in [-0.2, -0.15) is 0 Å². The third-order valence-electron chi connectivity index (χ3n) is 6.48. The van der Waals surface area contributed by atoms with Gasteiger partial charge in [-0.1, -0.05) is 48.5 Å². The molecule has 0 radical (unpaired) electrons. The van der Waals surface area contributed by atoms with Crippen LogP contribution < -0.4 is 5.56 Å². The average molecular weight is 512 g/mol. The Hall–Kier alpha value is -4.58. The molecule has 9 heteroatoms. The average Bonchev–Trinajstić information content (AvgIpc) is 3.44. The van der Waals surface area contributed by atoms with Crippen LogP contribution in [-0.2, 0) is 25.6 Å². The molecule has 0 saturated heterocycles. The fourth-order valence-electron chi connectivity index (χ4n) is 4.17. The van der Waals surface area contributed by atoms with E-state index in [0.717, 1.165) is 24.0 Å². The third kappa shape index (κ3) is 5.86. The summed E-state index contributed by atoms with van der Waals surface area (Å²) in [7, 11) is 1.60. The first-order chi connectivity index (χ1) is 18.3. The lowest BCUT2D eigenvalue weighted by molar-refractivity contribution is 0.0740. The summed E-state index contributed by atoms with van der Waals surface area (Å²) in [5.41, 5.74) is 1.21. The highest BCUT2D eigenvalue weighted by molar-refractivity contribution is 5.95. The number of aromatic nitrogens is 4. The standard InChI is InChI=1S/C29H31N6O3/c1-5-6-16-35(20-22-12-14-31-15-13-22)27(37)23-17-24(34(4)25(36)18-23)26-32-33-28(38-26)29(2,30-3)19-21-10-8-7-9-11-21/h3,7-15,17-18H,5-6,16,19-20H2,1-2,4H3/q+1. The SMILES string of the molecule is C#[N+]C(C)(Cc1ccccc1)c1nnc(-c2cc(C(=O)N(CCCC)Cc3ccncc3)cc(=O)n2C)o1. The molecule has 1 amide bonds. The van der Waals surface area contributed by atoms with Gasteiger partial charge in [0.2, 0.25) is 0 Å². The predicted octanol–water partition coefficient (Wildman–Crippen LogP) is 4.69. The Kier molecular flexibility index (Phi) is 8.12. The van der Waals surface area contributed by atoms with Crippen molar-refractivity contribution in [3.8, 4) is 18.2 Å². The second-order valence-electron chi connectivity index (χ2n) is 9.44. The van der Waals surface area contributed by atoms with E-state index in [2.05, 4.69) is 27.0 Å². The van der Waals surface area contributed by atoms with Gasteiger partial charge < -0.3 is 13.9 Å². The van der Waals surface area contributed by atoms with Gasteiger partial charge in [0, 0.05) is 51.1 Å². The zero-order chi connectivity index (χ0) is 27.1. The lowest BCUT2D eigenvalue weighted by atomic mass is 9.93. The lowest BCUT2D eigenvalue weighted by Crippen LogP contribution is -2.33. The van der Waals surface area contributed by atoms with Gasteiger partial charge in [0.05, 0.1) is 6.42 Å². The van der Waals surface area contributed by atoms with Crippen LogP contribution in [0.15, 0.2) is 76.2 Å². The molecular weight excluding hydrogens is 480 g/mol. The van der Waals surface area contributed by atoms with Gasteiger partial charge in [0.15, 0.2) is 0 Å². The van der Waals surface area contributed by atoms with E-state index in [0.29, 0.717) is 25.2 Å². The summed E-state index contributed by atoms with van der Waals surface area (Å²) in [6.07, 6.45) is 5.61. The first-order valence-corrected chi connectivity index (χ1v) is 12.5. The molecule has 0 aliphatic heterocycles. The number of unbranched alkanes of at least 4 members (excludes halogenated alkanes) is 1. The van der Waals surface area contributed by atoms with E-state index in [4.69, 9.17) is 11.0 Å². The Morgan fingerprint density at radius 3 is 2.53 bits per heavy atom. The lowest BCUT2D eigenvalue weighted by Gasteiger charge is -2.23. The summed E-state index contributed by atoms with van der Waals surface area (Å²) >= 11 is 0. The molecule has 0 aliphatic rings. The van der Waals surface area contributed by atoms with Gasteiger partial charge in [0.1, 0.15) is 5.69 Å². The molecule has 0 saturated carbocycles. The van der Waals surface area contributed by atoms with Crippen LogP contribution in [0, 0.1) is 6.57 Å². The molecule has 0 fully saturated rings. The fraction of sp³-hybridized carbons (Fsp3) is 0.310. The van der Waals surface area contributed by atoms with Gasteiger partial charge in [-0.05, 0) is 35.7 Å². The molecular formula is C29H31N6O3+. The normalized spacial score (nSPS) is 12.5.